The molecule has 0 spiro atoms. The van der Waals surface area contributed by atoms with Gasteiger partial charge < -0.3 is 10.2 Å². The first-order valence-corrected chi connectivity index (χ1v) is 11.7. The van der Waals surface area contributed by atoms with E-state index in [1.54, 1.807) is 6.07 Å². The number of anilines is 1. The topological polar surface area (TPSA) is 86.8 Å². The number of hydrogen-bond acceptors (Lipinski definition) is 4. The monoisotopic (exact) mass is 489 g/mol. The van der Waals surface area contributed by atoms with Crippen LogP contribution in [-0.4, -0.2) is 51.0 Å². The van der Waals surface area contributed by atoms with Crippen molar-refractivity contribution in [2.75, 3.05) is 24.2 Å². The Balaban J connectivity index is 2.45. The van der Waals surface area contributed by atoms with Crippen molar-refractivity contribution in [3.8, 4) is 0 Å². The summed E-state index contributed by atoms with van der Waals surface area (Å²) in [6.07, 6.45) is 0.918. The molecule has 11 heteroatoms. The molecule has 7 nitrogen and oxygen atoms in total. The van der Waals surface area contributed by atoms with Gasteiger partial charge in [-0.2, -0.15) is 0 Å². The van der Waals surface area contributed by atoms with E-state index in [4.69, 9.17) is 23.2 Å². The number of amides is 2. The van der Waals surface area contributed by atoms with Crippen LogP contribution in [0.4, 0.5) is 10.1 Å². The number of nitrogens with zero attached hydrogens (tertiary/aromatic N) is 2. The van der Waals surface area contributed by atoms with Gasteiger partial charge in [0.15, 0.2) is 0 Å². The summed E-state index contributed by atoms with van der Waals surface area (Å²) in [5, 5.41) is 2.73. The average molecular weight is 490 g/mol. The first kappa shape index (κ1) is 24.9. The van der Waals surface area contributed by atoms with Crippen LogP contribution in [0.15, 0.2) is 42.5 Å². The summed E-state index contributed by atoms with van der Waals surface area (Å²) >= 11 is 12.1. The van der Waals surface area contributed by atoms with Gasteiger partial charge in [0.2, 0.25) is 21.8 Å². The van der Waals surface area contributed by atoms with Gasteiger partial charge in [-0.05, 0) is 31.2 Å². The van der Waals surface area contributed by atoms with Crippen LogP contribution >= 0.6 is 23.2 Å². The van der Waals surface area contributed by atoms with Crippen LogP contribution < -0.4 is 9.62 Å². The molecule has 2 aromatic rings. The Labute approximate surface area is 190 Å². The minimum Gasteiger partial charge on any atom is -0.357 e. The molecule has 0 aliphatic rings. The number of carbonyl (C=O) groups is 2. The molecule has 0 heterocycles. The van der Waals surface area contributed by atoms with Crippen molar-refractivity contribution in [1.29, 1.82) is 0 Å². The van der Waals surface area contributed by atoms with Gasteiger partial charge in [0, 0.05) is 24.2 Å². The van der Waals surface area contributed by atoms with Crippen molar-refractivity contribution < 1.29 is 22.4 Å². The number of hydrogen-bond donors (Lipinski definition) is 1. The molecular formula is C20H22Cl2FN3O4S. The molecular weight excluding hydrogens is 468 g/mol. The average Bonchev–Trinajstić information content (AvgIpc) is 2.71. The maximum Gasteiger partial charge on any atom is 0.244 e. The van der Waals surface area contributed by atoms with E-state index in [0.29, 0.717) is 0 Å². The van der Waals surface area contributed by atoms with Crippen LogP contribution in [0.25, 0.3) is 0 Å². The third kappa shape index (κ3) is 6.32. The van der Waals surface area contributed by atoms with Gasteiger partial charge in [0.05, 0.1) is 17.0 Å². The highest BCUT2D eigenvalue weighted by Gasteiger charge is 2.31. The summed E-state index contributed by atoms with van der Waals surface area (Å²) in [7, 11) is -2.55. The minimum atomic E-state index is -3.95. The molecule has 0 aliphatic carbocycles. The Morgan fingerprint density at radius 3 is 2.39 bits per heavy atom. The molecule has 2 rings (SSSR count). The van der Waals surface area contributed by atoms with Crippen LogP contribution in [0.1, 0.15) is 12.5 Å². The van der Waals surface area contributed by atoms with Gasteiger partial charge in [-0.3, -0.25) is 13.9 Å². The van der Waals surface area contributed by atoms with Crippen molar-refractivity contribution in [1.82, 2.24) is 10.2 Å². The maximum atomic E-state index is 14.2. The number of likely N-dealkylation sites (N-methyl/N-ethyl adjacent to an activating group) is 1. The summed E-state index contributed by atoms with van der Waals surface area (Å²) in [5.74, 6) is -1.76. The molecule has 0 unspecified atom stereocenters. The second kappa shape index (κ2) is 10.3. The van der Waals surface area contributed by atoms with Gasteiger partial charge in [-0.1, -0.05) is 41.4 Å². The normalized spacial score (nSPS) is 12.2. The van der Waals surface area contributed by atoms with E-state index in [0.717, 1.165) is 15.5 Å². The molecule has 2 amide bonds. The highest BCUT2D eigenvalue weighted by Crippen LogP contribution is 2.31. The fourth-order valence-electron chi connectivity index (χ4n) is 2.87. The van der Waals surface area contributed by atoms with E-state index in [2.05, 4.69) is 5.32 Å². The van der Waals surface area contributed by atoms with Gasteiger partial charge in [-0.15, -0.1) is 0 Å². The van der Waals surface area contributed by atoms with Crippen molar-refractivity contribution in [3.63, 3.8) is 0 Å². The predicted molar refractivity (Wildman–Crippen MR) is 119 cm³/mol. The molecule has 0 saturated carbocycles. The number of rotatable bonds is 8. The van der Waals surface area contributed by atoms with Gasteiger partial charge in [-0.25, -0.2) is 12.8 Å². The minimum absolute atomic E-state index is 0.0171. The highest BCUT2D eigenvalue weighted by molar-refractivity contribution is 7.92. The highest BCUT2D eigenvalue weighted by atomic mass is 35.5. The van der Waals surface area contributed by atoms with E-state index in [9.17, 15) is 22.4 Å². The summed E-state index contributed by atoms with van der Waals surface area (Å²) in [6, 6.07) is 9.03. The molecule has 2 aromatic carbocycles. The molecule has 0 radical (unpaired) electrons. The molecule has 31 heavy (non-hydrogen) atoms. The number of halogens is 3. The second-order valence-corrected chi connectivity index (χ2v) is 9.52. The van der Waals surface area contributed by atoms with Crippen LogP contribution in [-0.2, 0) is 26.2 Å². The Kier molecular flexibility index (Phi) is 8.27. The summed E-state index contributed by atoms with van der Waals surface area (Å²) in [4.78, 5) is 26.5. The predicted octanol–water partition coefficient (Wildman–Crippen LogP) is 3.06. The maximum absolute atomic E-state index is 14.2. The fourth-order valence-corrected chi connectivity index (χ4v) is 4.16. The Morgan fingerprint density at radius 2 is 1.81 bits per heavy atom. The summed E-state index contributed by atoms with van der Waals surface area (Å²) in [6.45, 7) is 0.574. The molecule has 0 saturated heterocycles. The zero-order valence-electron chi connectivity index (χ0n) is 17.1. The lowest BCUT2D eigenvalue weighted by molar-refractivity contribution is -0.139. The lowest BCUT2D eigenvalue weighted by atomic mass is 10.1. The smallest absolute Gasteiger partial charge is 0.244 e. The quantitative estimate of drug-likeness (QED) is 0.617. The van der Waals surface area contributed by atoms with Crippen LogP contribution in [0, 0.1) is 5.82 Å². The summed E-state index contributed by atoms with van der Waals surface area (Å²) < 4.78 is 39.9. The molecule has 0 fully saturated rings. The molecule has 1 N–H and O–H groups in total. The first-order valence-electron chi connectivity index (χ1n) is 9.13. The lowest BCUT2D eigenvalue weighted by Crippen LogP contribution is -2.50. The summed E-state index contributed by atoms with van der Waals surface area (Å²) in [5.41, 5.74) is 0.196. The molecule has 168 valence electrons. The van der Waals surface area contributed by atoms with Crippen LogP contribution in [0.3, 0.4) is 0 Å². The number of sulfonamides is 1. The van der Waals surface area contributed by atoms with E-state index in [1.807, 2.05) is 0 Å². The van der Waals surface area contributed by atoms with Crippen LogP contribution in [0.5, 0.6) is 0 Å². The van der Waals surface area contributed by atoms with E-state index < -0.39 is 40.2 Å². The molecule has 0 bridgehead atoms. The number of benzene rings is 2. The third-order valence-electron chi connectivity index (χ3n) is 4.57. The standard InChI is InChI=1S/C20H22Cl2FN3O4S/c1-13(20(28)24-2)25(11-14-6-4-5-7-17(14)23)19(27)12-26(31(3,29)30)18-10-15(21)8-9-16(18)22/h4-10,13H,11-12H2,1-3H3,(H,24,28)/t13-/m1/s1. The second-order valence-electron chi connectivity index (χ2n) is 6.77. The molecule has 0 aromatic heterocycles. The van der Waals surface area contributed by atoms with E-state index in [1.165, 1.54) is 50.4 Å². The first-order chi connectivity index (χ1) is 14.5. The van der Waals surface area contributed by atoms with E-state index in [-0.39, 0.29) is 27.8 Å². The zero-order valence-corrected chi connectivity index (χ0v) is 19.4. The van der Waals surface area contributed by atoms with Crippen molar-refractivity contribution in [3.05, 3.63) is 63.9 Å². The van der Waals surface area contributed by atoms with Crippen molar-refractivity contribution in [2.45, 2.75) is 19.5 Å². The zero-order chi connectivity index (χ0) is 23.3. The Hall–Kier alpha value is -2.36. The van der Waals surface area contributed by atoms with Crippen molar-refractivity contribution >= 4 is 50.7 Å². The number of nitrogens with one attached hydrogen (secondary N) is 1. The van der Waals surface area contributed by atoms with Crippen molar-refractivity contribution in [2.24, 2.45) is 0 Å². The SMILES string of the molecule is CNC(=O)[C@@H](C)N(Cc1ccccc1F)C(=O)CN(c1cc(Cl)ccc1Cl)S(C)(=O)=O. The fraction of sp³-hybridized carbons (Fsp3) is 0.300. The third-order valence-corrected chi connectivity index (χ3v) is 6.25. The molecule has 0 aliphatic heterocycles. The van der Waals surface area contributed by atoms with Crippen LogP contribution in [0.2, 0.25) is 10.0 Å². The largest absolute Gasteiger partial charge is 0.357 e. The Bertz CT molecular complexity index is 1080. The van der Waals surface area contributed by atoms with Gasteiger partial charge in [0.1, 0.15) is 18.4 Å². The van der Waals surface area contributed by atoms with Gasteiger partial charge in [0.25, 0.3) is 0 Å². The van der Waals surface area contributed by atoms with E-state index >= 15 is 0 Å². The Morgan fingerprint density at radius 1 is 1.16 bits per heavy atom. The molecule has 1 atom stereocenters. The van der Waals surface area contributed by atoms with Gasteiger partial charge >= 0.3 is 0 Å². The number of carbonyl (C=O) groups excluding carboxylic acids is 2. The lowest BCUT2D eigenvalue weighted by Gasteiger charge is -2.31.